The summed E-state index contributed by atoms with van der Waals surface area (Å²) in [4.78, 5) is 36.5. The number of nitrogens with one attached hydrogen (secondary N) is 1. The van der Waals surface area contributed by atoms with Crippen LogP contribution in [0, 0.1) is 5.92 Å². The lowest BCUT2D eigenvalue weighted by molar-refractivity contribution is -0.139. The van der Waals surface area contributed by atoms with Gasteiger partial charge in [-0.1, -0.05) is 13.8 Å². The minimum atomic E-state index is -0.294. The van der Waals surface area contributed by atoms with Gasteiger partial charge in [0.1, 0.15) is 0 Å². The zero-order valence-corrected chi connectivity index (χ0v) is 24.4. The molecule has 1 aliphatic rings. The van der Waals surface area contributed by atoms with Gasteiger partial charge in [-0.05, 0) is 6.42 Å². The fourth-order valence-corrected chi connectivity index (χ4v) is 3.43. The number of ether oxygens (including phenoxy) is 8. The summed E-state index contributed by atoms with van der Waals surface area (Å²) in [6.45, 7) is 12.4. The van der Waals surface area contributed by atoms with E-state index in [9.17, 15) is 14.4 Å². The van der Waals surface area contributed by atoms with Crippen LogP contribution in [0.1, 0.15) is 33.1 Å². The van der Waals surface area contributed by atoms with Gasteiger partial charge in [-0.15, -0.1) is 0 Å². The van der Waals surface area contributed by atoms with E-state index in [4.69, 9.17) is 37.9 Å². The van der Waals surface area contributed by atoms with E-state index in [0.29, 0.717) is 106 Å². The third-order valence-electron chi connectivity index (χ3n) is 5.55. The highest BCUT2D eigenvalue weighted by atomic mass is 16.6. The van der Waals surface area contributed by atoms with Crippen LogP contribution in [0.4, 0.5) is 0 Å². The first-order valence-corrected chi connectivity index (χ1v) is 14.3. The van der Waals surface area contributed by atoms with Crippen LogP contribution >= 0.6 is 0 Å². The Hall–Kier alpha value is -1.71. The third-order valence-corrected chi connectivity index (χ3v) is 5.55. The normalized spacial score (nSPS) is 15.3. The molecule has 0 aromatic rings. The first kappa shape index (κ1) is 36.3. The lowest BCUT2D eigenvalue weighted by atomic mass is 10.1. The zero-order valence-electron chi connectivity index (χ0n) is 24.4. The molecule has 0 bridgehead atoms. The molecule has 1 heterocycles. The molecule has 1 rings (SSSR count). The van der Waals surface area contributed by atoms with Gasteiger partial charge in [0.2, 0.25) is 17.7 Å². The van der Waals surface area contributed by atoms with Crippen LogP contribution in [-0.4, -0.2) is 141 Å². The summed E-state index contributed by atoms with van der Waals surface area (Å²) < 4.78 is 43.3. The number of amides is 3. The van der Waals surface area contributed by atoms with Crippen molar-refractivity contribution in [3.05, 3.63) is 0 Å². The highest BCUT2D eigenvalue weighted by molar-refractivity contribution is 6.03. The van der Waals surface area contributed by atoms with E-state index < -0.39 is 0 Å². The largest absolute Gasteiger partial charge is 0.379 e. The SMILES string of the molecule is CCCOCCOCCOCCOCCOCCOCCOCCOCCNC(=O)CCN1C(=O)CC(C)C1=O. The van der Waals surface area contributed by atoms with Crippen molar-refractivity contribution in [2.75, 3.05) is 119 Å². The minimum absolute atomic E-state index is 0.0920. The standard InChI is InChI=1S/C27H50N2O11/c1-3-7-33-9-11-35-13-15-37-17-19-39-21-22-40-20-18-38-16-14-36-12-10-34-8-5-28-25(30)4-6-29-26(31)23-24(2)27(29)32/h24H,3-23H2,1-2H3,(H,28,30). The molecule has 0 radical (unpaired) electrons. The van der Waals surface area contributed by atoms with Crippen molar-refractivity contribution >= 4 is 17.7 Å². The Balaban J connectivity index is 1.70. The fourth-order valence-electron chi connectivity index (χ4n) is 3.43. The molecule has 0 saturated carbocycles. The van der Waals surface area contributed by atoms with E-state index in [1.54, 1.807) is 6.92 Å². The summed E-state index contributed by atoms with van der Waals surface area (Å²) in [5.41, 5.74) is 0. The number of likely N-dealkylation sites (tertiary alicyclic amines) is 1. The number of hydrogen-bond acceptors (Lipinski definition) is 11. The maximum atomic E-state index is 11.9. The van der Waals surface area contributed by atoms with E-state index >= 15 is 0 Å². The Morgan fingerprint density at radius 1 is 0.675 bits per heavy atom. The van der Waals surface area contributed by atoms with Gasteiger partial charge in [0.15, 0.2) is 0 Å². The maximum Gasteiger partial charge on any atom is 0.232 e. The van der Waals surface area contributed by atoms with Crippen molar-refractivity contribution in [2.45, 2.75) is 33.1 Å². The van der Waals surface area contributed by atoms with Crippen molar-refractivity contribution in [1.82, 2.24) is 10.2 Å². The molecule has 1 fully saturated rings. The molecule has 0 aromatic carbocycles. The lowest BCUT2D eigenvalue weighted by Crippen LogP contribution is -2.35. The van der Waals surface area contributed by atoms with Crippen molar-refractivity contribution in [3.8, 4) is 0 Å². The Kier molecular flexibility index (Phi) is 23.8. The van der Waals surface area contributed by atoms with Crippen molar-refractivity contribution in [2.24, 2.45) is 5.92 Å². The monoisotopic (exact) mass is 578 g/mol. The zero-order chi connectivity index (χ0) is 29.1. The average molecular weight is 579 g/mol. The fraction of sp³-hybridized carbons (Fsp3) is 0.889. The number of nitrogens with zero attached hydrogens (tertiary/aromatic N) is 1. The summed E-state index contributed by atoms with van der Waals surface area (Å²) in [6, 6.07) is 0. The summed E-state index contributed by atoms with van der Waals surface area (Å²) in [7, 11) is 0. The second-order valence-electron chi connectivity index (χ2n) is 8.99. The molecular formula is C27H50N2O11. The topological polar surface area (TPSA) is 140 Å². The average Bonchev–Trinajstić information content (AvgIpc) is 3.19. The summed E-state index contributed by atoms with van der Waals surface area (Å²) in [6.07, 6.45) is 1.33. The second kappa shape index (κ2) is 26.2. The highest BCUT2D eigenvalue weighted by Crippen LogP contribution is 2.18. The Morgan fingerprint density at radius 2 is 1.05 bits per heavy atom. The number of carbonyl (C=O) groups is 3. The van der Waals surface area contributed by atoms with Crippen molar-refractivity contribution in [3.63, 3.8) is 0 Å². The second-order valence-corrected chi connectivity index (χ2v) is 8.99. The molecule has 0 aliphatic carbocycles. The Labute approximate surface area is 238 Å². The summed E-state index contributed by atoms with van der Waals surface area (Å²) in [5, 5.41) is 2.71. The van der Waals surface area contributed by atoms with E-state index in [-0.39, 0.29) is 43.0 Å². The molecule has 40 heavy (non-hydrogen) atoms. The van der Waals surface area contributed by atoms with Gasteiger partial charge in [0.25, 0.3) is 0 Å². The Bertz CT molecular complexity index is 654. The van der Waals surface area contributed by atoms with Crippen LogP contribution in [0.25, 0.3) is 0 Å². The van der Waals surface area contributed by atoms with Gasteiger partial charge in [-0.25, -0.2) is 0 Å². The number of rotatable bonds is 29. The van der Waals surface area contributed by atoms with Crippen LogP contribution < -0.4 is 5.32 Å². The molecule has 0 spiro atoms. The van der Waals surface area contributed by atoms with Crippen molar-refractivity contribution in [1.29, 1.82) is 0 Å². The van der Waals surface area contributed by atoms with E-state index in [1.165, 1.54) is 0 Å². The van der Waals surface area contributed by atoms with Crippen LogP contribution in [0.3, 0.4) is 0 Å². The number of hydrogen-bond donors (Lipinski definition) is 1. The molecule has 0 aromatic heterocycles. The van der Waals surface area contributed by atoms with Crippen LogP contribution in [0.2, 0.25) is 0 Å². The van der Waals surface area contributed by atoms with Gasteiger partial charge >= 0.3 is 0 Å². The molecule has 1 aliphatic heterocycles. The minimum Gasteiger partial charge on any atom is -0.379 e. The molecule has 1 atom stereocenters. The van der Waals surface area contributed by atoms with Crippen LogP contribution in [0.15, 0.2) is 0 Å². The van der Waals surface area contributed by atoms with E-state index in [0.717, 1.165) is 17.9 Å². The van der Waals surface area contributed by atoms with E-state index in [2.05, 4.69) is 12.2 Å². The first-order valence-electron chi connectivity index (χ1n) is 14.3. The molecule has 234 valence electrons. The molecular weight excluding hydrogens is 528 g/mol. The highest BCUT2D eigenvalue weighted by Gasteiger charge is 2.35. The predicted octanol–water partition coefficient (Wildman–Crippen LogP) is 0.431. The molecule has 13 heteroatoms. The van der Waals surface area contributed by atoms with Gasteiger partial charge in [-0.3, -0.25) is 19.3 Å². The molecule has 13 nitrogen and oxygen atoms in total. The quantitative estimate of drug-likeness (QED) is 0.0976. The molecule has 1 saturated heterocycles. The van der Waals surface area contributed by atoms with Crippen LogP contribution in [0.5, 0.6) is 0 Å². The summed E-state index contributed by atoms with van der Waals surface area (Å²) in [5.74, 6) is -0.938. The van der Waals surface area contributed by atoms with Gasteiger partial charge in [-0.2, -0.15) is 0 Å². The van der Waals surface area contributed by atoms with Gasteiger partial charge in [0, 0.05) is 38.5 Å². The summed E-state index contributed by atoms with van der Waals surface area (Å²) >= 11 is 0. The smallest absolute Gasteiger partial charge is 0.232 e. The molecule has 1 unspecified atom stereocenters. The number of imide groups is 1. The molecule has 1 N–H and O–H groups in total. The maximum absolute atomic E-state index is 11.9. The Morgan fingerprint density at radius 3 is 1.40 bits per heavy atom. The van der Waals surface area contributed by atoms with Gasteiger partial charge in [0.05, 0.1) is 99.1 Å². The third kappa shape index (κ3) is 20.2. The van der Waals surface area contributed by atoms with Crippen LogP contribution in [-0.2, 0) is 52.3 Å². The first-order chi connectivity index (χ1) is 19.6. The lowest BCUT2D eigenvalue weighted by Gasteiger charge is -2.14. The molecule has 3 amide bonds. The van der Waals surface area contributed by atoms with E-state index in [1.807, 2.05) is 0 Å². The number of carbonyl (C=O) groups excluding carboxylic acids is 3. The van der Waals surface area contributed by atoms with Gasteiger partial charge < -0.3 is 43.2 Å². The predicted molar refractivity (Wildman–Crippen MR) is 145 cm³/mol. The van der Waals surface area contributed by atoms with Crippen molar-refractivity contribution < 1.29 is 52.3 Å².